The summed E-state index contributed by atoms with van der Waals surface area (Å²) in [5, 5.41) is 13.5. The van der Waals surface area contributed by atoms with Gasteiger partial charge in [-0.15, -0.1) is 0 Å². The topological polar surface area (TPSA) is 90.5 Å². The average Bonchev–Trinajstić information content (AvgIpc) is 2.94. The van der Waals surface area contributed by atoms with E-state index in [4.69, 9.17) is 4.74 Å². The third-order valence-electron chi connectivity index (χ3n) is 6.74. The van der Waals surface area contributed by atoms with E-state index in [1.54, 1.807) is 42.0 Å². The van der Waals surface area contributed by atoms with Crippen molar-refractivity contribution in [3.63, 3.8) is 0 Å². The number of ether oxygens (including phenoxy) is 1. The molecule has 2 aliphatic heterocycles. The van der Waals surface area contributed by atoms with Crippen molar-refractivity contribution in [2.75, 3.05) is 36.5 Å². The fourth-order valence-corrected chi connectivity index (χ4v) is 7.32. The molecule has 2 aliphatic rings. The van der Waals surface area contributed by atoms with Gasteiger partial charge < -0.3 is 25.0 Å². The Morgan fingerprint density at radius 1 is 1.13 bits per heavy atom. The van der Waals surface area contributed by atoms with Gasteiger partial charge in [0.1, 0.15) is 6.10 Å². The molecule has 4 heterocycles. The summed E-state index contributed by atoms with van der Waals surface area (Å²) in [5.41, 5.74) is 4.98. The van der Waals surface area contributed by atoms with Crippen LogP contribution in [0.5, 0.6) is 0 Å². The van der Waals surface area contributed by atoms with Crippen LogP contribution in [0.15, 0.2) is 97.6 Å². The van der Waals surface area contributed by atoms with Crippen molar-refractivity contribution < 1.29 is 9.84 Å². The maximum absolute atomic E-state index is 11.8. The Kier molecular flexibility index (Phi) is 7.16. The van der Waals surface area contributed by atoms with Crippen LogP contribution in [0.4, 0.5) is 11.4 Å². The molecule has 1 saturated heterocycles. The first-order chi connectivity index (χ1) is 18.6. The Balaban J connectivity index is 1.22. The van der Waals surface area contributed by atoms with Crippen molar-refractivity contribution in [1.82, 2.24) is 9.97 Å². The molecule has 3 N–H and O–H groups in total. The van der Waals surface area contributed by atoms with Crippen LogP contribution in [0.1, 0.15) is 28.8 Å². The number of rotatable bonds is 6. The van der Waals surface area contributed by atoms with E-state index in [1.807, 2.05) is 25.3 Å². The lowest BCUT2D eigenvalue weighted by atomic mass is 10.1. The molecule has 2 unspecified atom stereocenters. The molecule has 38 heavy (non-hydrogen) atoms. The average molecular weight is 545 g/mol. The lowest BCUT2D eigenvalue weighted by molar-refractivity contribution is 0.0379. The van der Waals surface area contributed by atoms with E-state index in [-0.39, 0.29) is 24.3 Å². The Labute approximate surface area is 229 Å². The number of pyridine rings is 2. The highest BCUT2D eigenvalue weighted by Gasteiger charge is 2.28. The van der Waals surface area contributed by atoms with Gasteiger partial charge in [0.25, 0.3) is 0 Å². The van der Waals surface area contributed by atoms with Gasteiger partial charge in [-0.05, 0) is 53.9 Å². The molecular formula is C29H28N4O3S2. The summed E-state index contributed by atoms with van der Waals surface area (Å²) in [6.07, 6.45) is 5.22. The lowest BCUT2D eigenvalue weighted by Gasteiger charge is -2.36. The summed E-state index contributed by atoms with van der Waals surface area (Å²) in [6, 6.07) is 18.2. The zero-order valence-electron chi connectivity index (χ0n) is 20.9. The molecule has 0 saturated carbocycles. The van der Waals surface area contributed by atoms with Gasteiger partial charge in [0.15, 0.2) is 0 Å². The number of H-pyrrole nitrogens is 1. The third kappa shape index (κ3) is 5.19. The number of aliphatic hydroxyl groups is 1. The fraction of sp³-hybridized carbons (Fsp3) is 0.241. The maximum atomic E-state index is 11.8. The van der Waals surface area contributed by atoms with Gasteiger partial charge in [0, 0.05) is 68.7 Å². The SMILES string of the molecule is Cc1cncc(C(CO)Nc2ccc3c(c2)Sc2cccc(C4CN(c5cc[nH]c(=O)c5)CCO4)c2S3)c1. The summed E-state index contributed by atoms with van der Waals surface area (Å²) in [5.74, 6) is 0. The van der Waals surface area contributed by atoms with Gasteiger partial charge in [0.05, 0.1) is 19.3 Å². The van der Waals surface area contributed by atoms with Crippen LogP contribution in [0.2, 0.25) is 0 Å². The van der Waals surface area contributed by atoms with Crippen molar-refractivity contribution in [3.8, 4) is 0 Å². The number of morpholine rings is 1. The Morgan fingerprint density at radius 3 is 2.89 bits per heavy atom. The third-order valence-corrected chi connectivity index (χ3v) is 9.36. The second-order valence-electron chi connectivity index (χ2n) is 9.43. The van der Waals surface area contributed by atoms with E-state index in [0.717, 1.165) is 29.0 Å². The molecular weight excluding hydrogens is 516 g/mol. The van der Waals surface area contributed by atoms with Crippen LogP contribution in [0, 0.1) is 6.92 Å². The maximum Gasteiger partial charge on any atom is 0.249 e. The van der Waals surface area contributed by atoms with E-state index in [0.29, 0.717) is 13.2 Å². The molecule has 2 aromatic heterocycles. The predicted molar refractivity (Wildman–Crippen MR) is 152 cm³/mol. The minimum absolute atomic E-state index is 0.0217. The monoisotopic (exact) mass is 544 g/mol. The molecule has 2 atom stereocenters. The van der Waals surface area contributed by atoms with Crippen molar-refractivity contribution >= 4 is 34.9 Å². The summed E-state index contributed by atoms with van der Waals surface area (Å²) in [6.45, 7) is 4.03. The Hall–Kier alpha value is -3.24. The Morgan fingerprint density at radius 2 is 2.05 bits per heavy atom. The standard InChI is InChI=1S/C29H28N4O3S2/c1-18-11-19(15-30-14-18)23(17-34)32-20-5-6-25-27(12-20)37-26-4-2-3-22(29(26)38-25)24-16-33(9-10-36-24)21-7-8-31-28(35)13-21/h2-8,11-15,23-24,32,34H,9-10,16-17H2,1H3,(H,31,35). The number of nitrogens with zero attached hydrogens (tertiary/aromatic N) is 2. The molecule has 9 heteroatoms. The largest absolute Gasteiger partial charge is 0.394 e. The first kappa shape index (κ1) is 25.1. The van der Waals surface area contributed by atoms with Crippen LogP contribution >= 0.6 is 23.5 Å². The van der Waals surface area contributed by atoms with Gasteiger partial charge in [0.2, 0.25) is 5.56 Å². The number of hydrogen-bond acceptors (Lipinski definition) is 8. The summed E-state index contributed by atoms with van der Waals surface area (Å²) < 4.78 is 6.24. The number of anilines is 2. The van der Waals surface area contributed by atoms with Crippen LogP contribution in [-0.4, -0.2) is 41.4 Å². The second-order valence-corrected chi connectivity index (χ2v) is 11.6. The molecule has 6 rings (SSSR count). The van der Waals surface area contributed by atoms with E-state index >= 15 is 0 Å². The zero-order chi connectivity index (χ0) is 26.1. The number of aryl methyl sites for hydroxylation is 1. The highest BCUT2D eigenvalue weighted by molar-refractivity contribution is 8.05. The molecule has 7 nitrogen and oxygen atoms in total. The normalized spacial score (nSPS) is 17.4. The first-order valence-electron chi connectivity index (χ1n) is 12.5. The predicted octanol–water partition coefficient (Wildman–Crippen LogP) is 5.42. The minimum Gasteiger partial charge on any atom is -0.394 e. The highest BCUT2D eigenvalue weighted by atomic mass is 32.2. The van der Waals surface area contributed by atoms with Crippen LogP contribution in [0.25, 0.3) is 0 Å². The van der Waals surface area contributed by atoms with Crippen molar-refractivity contribution in [2.45, 2.75) is 38.7 Å². The van der Waals surface area contributed by atoms with Gasteiger partial charge in [-0.25, -0.2) is 0 Å². The number of benzene rings is 2. The minimum atomic E-state index is -0.229. The number of hydrogen-bond donors (Lipinski definition) is 3. The van der Waals surface area contributed by atoms with E-state index in [2.05, 4.69) is 56.6 Å². The van der Waals surface area contributed by atoms with Crippen molar-refractivity contribution in [1.29, 1.82) is 0 Å². The summed E-state index contributed by atoms with van der Waals surface area (Å²) >= 11 is 3.53. The van der Waals surface area contributed by atoms with Gasteiger partial charge in [-0.2, -0.15) is 0 Å². The lowest BCUT2D eigenvalue weighted by Crippen LogP contribution is -2.39. The van der Waals surface area contributed by atoms with Gasteiger partial charge in [-0.1, -0.05) is 41.7 Å². The number of fused-ring (bicyclic) bond motifs is 2. The molecule has 0 aliphatic carbocycles. The number of aromatic nitrogens is 2. The summed E-state index contributed by atoms with van der Waals surface area (Å²) in [7, 11) is 0. The van der Waals surface area contributed by atoms with Crippen LogP contribution in [-0.2, 0) is 4.74 Å². The molecule has 0 bridgehead atoms. The second kappa shape index (κ2) is 10.9. The van der Waals surface area contributed by atoms with E-state index in [1.165, 1.54) is 25.1 Å². The van der Waals surface area contributed by atoms with Gasteiger partial charge >= 0.3 is 0 Å². The van der Waals surface area contributed by atoms with Gasteiger partial charge in [-0.3, -0.25) is 9.78 Å². The van der Waals surface area contributed by atoms with Crippen LogP contribution < -0.4 is 15.8 Å². The first-order valence-corrected chi connectivity index (χ1v) is 14.2. The zero-order valence-corrected chi connectivity index (χ0v) is 22.5. The quantitative estimate of drug-likeness (QED) is 0.261. The molecule has 0 radical (unpaired) electrons. The Bertz CT molecular complexity index is 1530. The van der Waals surface area contributed by atoms with Crippen molar-refractivity contribution in [3.05, 3.63) is 100 Å². The van der Waals surface area contributed by atoms with Crippen LogP contribution in [0.3, 0.4) is 0 Å². The van der Waals surface area contributed by atoms with E-state index < -0.39 is 0 Å². The molecule has 1 fully saturated rings. The summed E-state index contributed by atoms with van der Waals surface area (Å²) in [4.78, 5) is 25.8. The molecule has 0 amide bonds. The number of aromatic amines is 1. The smallest absolute Gasteiger partial charge is 0.249 e. The fourth-order valence-electron chi connectivity index (χ4n) is 4.87. The molecule has 194 valence electrons. The molecule has 2 aromatic carbocycles. The molecule has 0 spiro atoms. The molecule has 4 aromatic rings. The number of nitrogens with one attached hydrogen (secondary N) is 2. The number of aliphatic hydroxyl groups excluding tert-OH is 1. The van der Waals surface area contributed by atoms with E-state index in [9.17, 15) is 9.90 Å². The van der Waals surface area contributed by atoms with Crippen molar-refractivity contribution in [2.24, 2.45) is 0 Å². The highest BCUT2D eigenvalue weighted by Crippen LogP contribution is 2.52.